The van der Waals surface area contributed by atoms with E-state index in [0.29, 0.717) is 11.3 Å². The summed E-state index contributed by atoms with van der Waals surface area (Å²) < 4.78 is 57.7. The van der Waals surface area contributed by atoms with Gasteiger partial charge in [0.05, 0.1) is 11.5 Å². The topological polar surface area (TPSA) is 107 Å². The van der Waals surface area contributed by atoms with E-state index in [1.165, 1.54) is 24.3 Å². The number of carbonyl (C=O) groups is 1. The van der Waals surface area contributed by atoms with Gasteiger partial charge in [0.2, 0.25) is 9.84 Å². The van der Waals surface area contributed by atoms with Crippen molar-refractivity contribution in [3.05, 3.63) is 42.5 Å². The number of ether oxygens (including phenoxy) is 1. The molecule has 0 radical (unpaired) electrons. The van der Waals surface area contributed by atoms with E-state index in [1.54, 1.807) is 25.1 Å². The molecule has 1 atom stereocenters. The van der Waals surface area contributed by atoms with Crippen LogP contribution in [-0.4, -0.2) is 35.5 Å². The molecule has 2 aromatic rings. The molecular weight excluding hydrogens is 422 g/mol. The van der Waals surface area contributed by atoms with E-state index in [2.05, 4.69) is 4.72 Å². The zero-order chi connectivity index (χ0) is 20.9. The third kappa shape index (κ3) is 5.40. The van der Waals surface area contributed by atoms with Crippen LogP contribution in [0.4, 0.5) is 0 Å². The average molecular weight is 446 g/mol. The molecule has 0 fully saturated rings. The minimum Gasteiger partial charge on any atom is -0.465 e. The van der Waals surface area contributed by atoms with Gasteiger partial charge in [-0.05, 0) is 43.5 Å². The van der Waals surface area contributed by atoms with E-state index in [9.17, 15) is 21.6 Å². The molecule has 1 N–H and O–H groups in total. The number of hydrogen-bond donors (Lipinski definition) is 1. The highest BCUT2D eigenvalue weighted by Gasteiger charge is 2.30. The van der Waals surface area contributed by atoms with Gasteiger partial charge in [-0.2, -0.15) is 4.72 Å². The number of thiophene rings is 1. The number of benzene rings is 1. The number of esters is 1. The minimum atomic E-state index is -4.09. The molecule has 2 rings (SSSR count). The highest BCUT2D eigenvalue weighted by atomic mass is 32.3. The zero-order valence-electron chi connectivity index (χ0n) is 15.8. The van der Waals surface area contributed by atoms with Crippen LogP contribution in [0.5, 0.6) is 0 Å². The number of nitrogens with one attached hydrogen (secondary N) is 1. The molecule has 10 heteroatoms. The van der Waals surface area contributed by atoms with Gasteiger partial charge in [0.25, 0.3) is 10.0 Å². The van der Waals surface area contributed by atoms with Crippen LogP contribution in [0.25, 0.3) is 0 Å². The molecule has 0 aliphatic rings. The average Bonchev–Trinajstić information content (AvgIpc) is 3.13. The molecule has 0 amide bonds. The molecular formula is C18H23NO6S3. The Hall–Kier alpha value is -1.75. The van der Waals surface area contributed by atoms with E-state index in [-0.39, 0.29) is 32.3 Å². The number of carbonyl (C=O) groups excluding carboxylic acids is 1. The summed E-state index contributed by atoms with van der Waals surface area (Å²) in [4.78, 5) is 12.2. The summed E-state index contributed by atoms with van der Waals surface area (Å²) in [5.41, 5.74) is 0. The summed E-state index contributed by atoms with van der Waals surface area (Å²) >= 11 is 0.637. The van der Waals surface area contributed by atoms with Crippen molar-refractivity contribution in [3.63, 3.8) is 0 Å². The van der Waals surface area contributed by atoms with Gasteiger partial charge in [-0.25, -0.2) is 16.8 Å². The van der Waals surface area contributed by atoms with E-state index >= 15 is 0 Å². The minimum absolute atomic E-state index is 0.0504. The van der Waals surface area contributed by atoms with Gasteiger partial charge >= 0.3 is 5.97 Å². The second-order valence-electron chi connectivity index (χ2n) is 6.45. The first-order valence-corrected chi connectivity index (χ1v) is 12.4. The SMILES string of the molecule is CCOC(=O)[C@H](CC(C)C)NS(=O)(=O)c1ccc(S(=O)(=O)c2ccccc2)s1. The molecule has 0 aliphatic heterocycles. The fourth-order valence-electron chi connectivity index (χ4n) is 2.46. The van der Waals surface area contributed by atoms with Gasteiger partial charge in [0, 0.05) is 0 Å². The number of sulfonamides is 1. The van der Waals surface area contributed by atoms with Crippen LogP contribution in [0.3, 0.4) is 0 Å². The van der Waals surface area contributed by atoms with Crippen molar-refractivity contribution in [3.8, 4) is 0 Å². The van der Waals surface area contributed by atoms with Gasteiger partial charge < -0.3 is 4.74 Å². The predicted molar refractivity (Wildman–Crippen MR) is 106 cm³/mol. The maximum atomic E-state index is 12.7. The van der Waals surface area contributed by atoms with Crippen molar-refractivity contribution in [2.45, 2.75) is 46.5 Å². The standard InChI is InChI=1S/C18H23NO6S3/c1-4-25-18(20)15(12-13(2)3)19-28(23,24)17-11-10-16(26-17)27(21,22)14-8-6-5-7-9-14/h5-11,13,15,19H,4,12H2,1-3H3/t15-/m0/s1. The summed E-state index contributed by atoms with van der Waals surface area (Å²) in [5, 5.41) is 0. The van der Waals surface area contributed by atoms with Crippen molar-refractivity contribution in [2.75, 3.05) is 6.61 Å². The smallest absolute Gasteiger partial charge is 0.324 e. The Balaban J connectivity index is 2.30. The van der Waals surface area contributed by atoms with Crippen LogP contribution in [0.2, 0.25) is 0 Å². The molecule has 0 spiro atoms. The van der Waals surface area contributed by atoms with Crippen molar-refractivity contribution < 1.29 is 26.4 Å². The highest BCUT2D eigenvalue weighted by molar-refractivity contribution is 7.95. The Bertz CT molecular complexity index is 1010. The Morgan fingerprint density at radius 2 is 1.64 bits per heavy atom. The van der Waals surface area contributed by atoms with Crippen LogP contribution in [0, 0.1) is 5.92 Å². The Morgan fingerprint density at radius 3 is 2.21 bits per heavy atom. The fraction of sp³-hybridized carbons (Fsp3) is 0.389. The zero-order valence-corrected chi connectivity index (χ0v) is 18.2. The second kappa shape index (κ2) is 9.17. The Kier molecular flexibility index (Phi) is 7.38. The lowest BCUT2D eigenvalue weighted by Crippen LogP contribution is -2.42. The fourth-order valence-corrected chi connectivity index (χ4v) is 6.86. The number of hydrogen-bond acceptors (Lipinski definition) is 7. The first kappa shape index (κ1) is 22.5. The lowest BCUT2D eigenvalue weighted by Gasteiger charge is -2.18. The van der Waals surface area contributed by atoms with Gasteiger partial charge in [0.1, 0.15) is 14.5 Å². The molecule has 1 aromatic heterocycles. The summed E-state index contributed by atoms with van der Waals surface area (Å²) in [6.45, 7) is 5.48. The molecule has 0 aliphatic carbocycles. The number of sulfone groups is 1. The Morgan fingerprint density at radius 1 is 1.04 bits per heavy atom. The van der Waals surface area contributed by atoms with E-state index in [1.807, 2.05) is 13.8 Å². The van der Waals surface area contributed by atoms with Crippen LogP contribution in [-0.2, 0) is 29.4 Å². The molecule has 28 heavy (non-hydrogen) atoms. The second-order valence-corrected chi connectivity index (χ2v) is 11.6. The predicted octanol–water partition coefficient (Wildman–Crippen LogP) is 2.84. The number of rotatable bonds is 9. The molecule has 0 unspecified atom stereocenters. The van der Waals surface area contributed by atoms with Crippen LogP contribution < -0.4 is 4.72 Å². The van der Waals surface area contributed by atoms with E-state index in [0.717, 1.165) is 0 Å². The normalized spacial score (nSPS) is 13.4. The van der Waals surface area contributed by atoms with Crippen LogP contribution in [0.15, 0.2) is 55.8 Å². The van der Waals surface area contributed by atoms with Gasteiger partial charge in [0.15, 0.2) is 0 Å². The molecule has 0 bridgehead atoms. The van der Waals surface area contributed by atoms with Crippen LogP contribution >= 0.6 is 11.3 Å². The monoisotopic (exact) mass is 445 g/mol. The van der Waals surface area contributed by atoms with Crippen molar-refractivity contribution >= 4 is 37.2 Å². The first-order chi connectivity index (χ1) is 13.1. The molecule has 1 aromatic carbocycles. The van der Waals surface area contributed by atoms with Crippen molar-refractivity contribution in [1.29, 1.82) is 0 Å². The third-order valence-corrected chi connectivity index (χ3v) is 9.03. The maximum Gasteiger partial charge on any atom is 0.324 e. The summed E-state index contributed by atoms with van der Waals surface area (Å²) in [6.07, 6.45) is 0.263. The summed E-state index contributed by atoms with van der Waals surface area (Å²) in [5.74, 6) is -0.608. The Labute approximate surface area is 169 Å². The summed E-state index contributed by atoms with van der Waals surface area (Å²) in [6, 6.07) is 9.20. The van der Waals surface area contributed by atoms with E-state index < -0.39 is 31.9 Å². The van der Waals surface area contributed by atoms with Crippen LogP contribution in [0.1, 0.15) is 27.2 Å². The van der Waals surface area contributed by atoms with Gasteiger partial charge in [-0.1, -0.05) is 32.0 Å². The third-order valence-electron chi connectivity index (χ3n) is 3.72. The summed E-state index contributed by atoms with van der Waals surface area (Å²) in [7, 11) is -7.90. The van der Waals surface area contributed by atoms with Crippen molar-refractivity contribution in [2.24, 2.45) is 5.92 Å². The van der Waals surface area contributed by atoms with Crippen molar-refractivity contribution in [1.82, 2.24) is 4.72 Å². The molecule has 0 saturated carbocycles. The van der Waals surface area contributed by atoms with E-state index in [4.69, 9.17) is 4.74 Å². The highest BCUT2D eigenvalue weighted by Crippen LogP contribution is 2.30. The first-order valence-electron chi connectivity index (χ1n) is 8.67. The van der Waals surface area contributed by atoms with Gasteiger partial charge in [-0.3, -0.25) is 4.79 Å². The molecule has 154 valence electrons. The largest absolute Gasteiger partial charge is 0.465 e. The lowest BCUT2D eigenvalue weighted by atomic mass is 10.1. The maximum absolute atomic E-state index is 12.7. The molecule has 1 heterocycles. The quantitative estimate of drug-likeness (QED) is 0.595. The van der Waals surface area contributed by atoms with Gasteiger partial charge in [-0.15, -0.1) is 11.3 Å². The molecule has 0 saturated heterocycles. The molecule has 7 nitrogen and oxygen atoms in total. The lowest BCUT2D eigenvalue weighted by molar-refractivity contribution is -0.145.